The molecule has 0 aromatic rings. The second-order valence-electron chi connectivity index (χ2n) is 19.1. The molecule has 0 spiro atoms. The molecular weight excluding hydrogens is 949 g/mol. The summed E-state index contributed by atoms with van der Waals surface area (Å²) >= 11 is 0. The van der Waals surface area contributed by atoms with Gasteiger partial charge in [-0.05, 0) is 135 Å². The van der Waals surface area contributed by atoms with Crippen molar-refractivity contribution in [3.05, 3.63) is 182 Å². The predicted octanol–water partition coefficient (Wildman–Crippen LogP) is 20.9. The van der Waals surface area contributed by atoms with Crippen LogP contribution in [0.4, 0.5) is 0 Å². The van der Waals surface area contributed by atoms with E-state index in [4.69, 9.17) is 14.2 Å². The quantitative estimate of drug-likeness (QED) is 0.0261. The van der Waals surface area contributed by atoms with E-state index in [-0.39, 0.29) is 44.0 Å². The molecule has 0 aliphatic carbocycles. The lowest BCUT2D eigenvalue weighted by molar-refractivity contribution is -0.167. The average Bonchev–Trinajstić information content (AvgIpc) is 3.43. The maximum Gasteiger partial charge on any atom is 0.306 e. The molecule has 0 fully saturated rings. The molecule has 77 heavy (non-hydrogen) atoms. The fourth-order valence-corrected chi connectivity index (χ4v) is 7.45. The molecule has 6 nitrogen and oxygen atoms in total. The summed E-state index contributed by atoms with van der Waals surface area (Å²) in [6.45, 7) is 6.28. The number of carbonyl (C=O) groups is 3. The van der Waals surface area contributed by atoms with E-state index >= 15 is 0 Å². The van der Waals surface area contributed by atoms with Gasteiger partial charge in [0.05, 0.1) is 0 Å². The topological polar surface area (TPSA) is 78.9 Å². The summed E-state index contributed by atoms with van der Waals surface area (Å²) in [7, 11) is 0. The first-order valence-electron chi connectivity index (χ1n) is 30.3. The minimum absolute atomic E-state index is 0.123. The summed E-state index contributed by atoms with van der Waals surface area (Å²) in [4.78, 5) is 38.1. The first-order valence-corrected chi connectivity index (χ1v) is 30.3. The van der Waals surface area contributed by atoms with Gasteiger partial charge in [-0.15, -0.1) is 0 Å². The molecule has 0 radical (unpaired) electrons. The van der Waals surface area contributed by atoms with Crippen molar-refractivity contribution in [3.63, 3.8) is 0 Å². The van der Waals surface area contributed by atoms with Crippen LogP contribution in [0.5, 0.6) is 0 Å². The summed E-state index contributed by atoms with van der Waals surface area (Å²) in [5, 5.41) is 0. The maximum atomic E-state index is 12.8. The normalized spacial score (nSPS) is 13.4. The molecule has 0 amide bonds. The van der Waals surface area contributed by atoms with E-state index in [1.807, 2.05) is 0 Å². The van der Waals surface area contributed by atoms with Crippen molar-refractivity contribution in [1.29, 1.82) is 0 Å². The highest BCUT2D eigenvalue weighted by atomic mass is 16.6. The number of allylic oxidation sites excluding steroid dienone is 30. The Bertz CT molecular complexity index is 1840. The Morgan fingerprint density at radius 3 is 0.831 bits per heavy atom. The molecular formula is C71H108O6. The van der Waals surface area contributed by atoms with Gasteiger partial charge in [-0.1, -0.05) is 254 Å². The Hall–Kier alpha value is -5.49. The first-order chi connectivity index (χ1) is 38.0. The van der Waals surface area contributed by atoms with Crippen LogP contribution in [0.1, 0.15) is 226 Å². The van der Waals surface area contributed by atoms with Crippen molar-refractivity contribution in [1.82, 2.24) is 0 Å². The van der Waals surface area contributed by atoms with Gasteiger partial charge in [0.1, 0.15) is 13.2 Å². The zero-order valence-corrected chi connectivity index (χ0v) is 48.9. The summed E-state index contributed by atoms with van der Waals surface area (Å²) in [6.07, 6.45) is 94.8. The summed E-state index contributed by atoms with van der Waals surface area (Å²) in [5.74, 6) is -1.04. The van der Waals surface area contributed by atoms with Gasteiger partial charge < -0.3 is 14.2 Å². The van der Waals surface area contributed by atoms with E-state index in [9.17, 15) is 14.4 Å². The third-order valence-corrected chi connectivity index (χ3v) is 11.9. The summed E-state index contributed by atoms with van der Waals surface area (Å²) < 4.78 is 16.7. The van der Waals surface area contributed by atoms with Crippen LogP contribution >= 0.6 is 0 Å². The third kappa shape index (κ3) is 61.2. The van der Waals surface area contributed by atoms with Crippen molar-refractivity contribution in [2.75, 3.05) is 13.2 Å². The standard InChI is InChI=1S/C71H108O6/c1-4-7-10-13-16-19-21-23-25-27-29-31-33-34-35-36-38-39-41-43-45-47-49-52-55-58-61-64-70(73)76-67-68(66-75-69(72)63-60-57-54-51-18-15-12-9-6-3)77-71(74)65-62-59-56-53-50-48-46-44-42-40-37-32-30-28-26-24-22-20-17-14-11-8-5-2/h7-8,10-11,16-17,19-20,23-26,29-32,34-35,38-40,42-43,45-46,48-49,52-53,56,68H,4-6,9,12-15,18,21-22,27-28,33,36-37,41,44,47,50-51,54-55,57-67H2,1-3H3/b10-7-,11-8-,19-16-,20-17-,25-23-,26-24-,31-29-,32-30-,35-34-,39-38-,42-40-,45-43-,48-46-,52-49-,56-53-. The summed E-state index contributed by atoms with van der Waals surface area (Å²) in [6, 6.07) is 0. The van der Waals surface area contributed by atoms with E-state index < -0.39 is 6.10 Å². The molecule has 0 N–H and O–H groups in total. The van der Waals surface area contributed by atoms with Gasteiger partial charge in [0.2, 0.25) is 0 Å². The van der Waals surface area contributed by atoms with Gasteiger partial charge in [0.15, 0.2) is 6.10 Å². The zero-order valence-electron chi connectivity index (χ0n) is 48.9. The minimum atomic E-state index is -0.836. The Kier molecular flexibility index (Phi) is 58.6. The SMILES string of the molecule is CC/C=C\C/C=C\C/C=C\C/C=C\C/C=C\C/C=C\C/C=C\C/C=C\CCCCC(=O)OCC(COC(=O)CCCCCCCCCCC)OC(=O)CCC/C=C\C/C=C\C/C=C\C/C=C\C/C=C\C/C=C\C/C=C\CC. The van der Waals surface area contributed by atoms with Gasteiger partial charge in [0.25, 0.3) is 0 Å². The molecule has 0 aliphatic rings. The monoisotopic (exact) mass is 1060 g/mol. The minimum Gasteiger partial charge on any atom is -0.462 e. The van der Waals surface area contributed by atoms with Crippen LogP contribution in [-0.2, 0) is 28.6 Å². The van der Waals surface area contributed by atoms with E-state index in [2.05, 4.69) is 203 Å². The lowest BCUT2D eigenvalue weighted by Gasteiger charge is -2.18. The van der Waals surface area contributed by atoms with Gasteiger partial charge in [-0.25, -0.2) is 0 Å². The van der Waals surface area contributed by atoms with Crippen molar-refractivity contribution >= 4 is 17.9 Å². The van der Waals surface area contributed by atoms with E-state index in [0.29, 0.717) is 19.3 Å². The number of rotatable bonds is 52. The number of hydrogen-bond donors (Lipinski definition) is 0. The van der Waals surface area contributed by atoms with Gasteiger partial charge in [-0.2, -0.15) is 0 Å². The number of hydrogen-bond acceptors (Lipinski definition) is 6. The third-order valence-electron chi connectivity index (χ3n) is 11.9. The second-order valence-corrected chi connectivity index (χ2v) is 19.1. The molecule has 1 atom stereocenters. The molecule has 6 heteroatoms. The average molecular weight is 1060 g/mol. The molecule has 1 unspecified atom stereocenters. The lowest BCUT2D eigenvalue weighted by Crippen LogP contribution is -2.30. The Labute approximate surface area is 472 Å². The molecule has 0 saturated carbocycles. The Morgan fingerprint density at radius 1 is 0.273 bits per heavy atom. The largest absolute Gasteiger partial charge is 0.462 e. The smallest absolute Gasteiger partial charge is 0.306 e. The van der Waals surface area contributed by atoms with Crippen LogP contribution in [0, 0.1) is 0 Å². The fraction of sp³-hybridized carbons (Fsp3) is 0.535. The molecule has 0 aromatic heterocycles. The highest BCUT2D eigenvalue weighted by Gasteiger charge is 2.19. The highest BCUT2D eigenvalue weighted by molar-refractivity contribution is 5.71. The van der Waals surface area contributed by atoms with Gasteiger partial charge >= 0.3 is 17.9 Å². The molecule has 428 valence electrons. The van der Waals surface area contributed by atoms with Crippen LogP contribution in [0.15, 0.2) is 182 Å². The van der Waals surface area contributed by atoms with Crippen LogP contribution in [0.25, 0.3) is 0 Å². The molecule has 0 saturated heterocycles. The maximum absolute atomic E-state index is 12.8. The Balaban J connectivity index is 4.49. The molecule has 0 aliphatic heterocycles. The van der Waals surface area contributed by atoms with Crippen LogP contribution in [0.2, 0.25) is 0 Å². The second kappa shape index (κ2) is 63.0. The first kappa shape index (κ1) is 71.5. The molecule has 0 bridgehead atoms. The zero-order chi connectivity index (χ0) is 55.7. The molecule has 0 heterocycles. The van der Waals surface area contributed by atoms with E-state index in [1.165, 1.54) is 38.5 Å². The molecule has 0 aromatic carbocycles. The van der Waals surface area contributed by atoms with Crippen molar-refractivity contribution in [3.8, 4) is 0 Å². The van der Waals surface area contributed by atoms with E-state index in [1.54, 1.807) is 0 Å². The van der Waals surface area contributed by atoms with Crippen LogP contribution in [0.3, 0.4) is 0 Å². The van der Waals surface area contributed by atoms with Crippen LogP contribution in [-0.4, -0.2) is 37.2 Å². The predicted molar refractivity (Wildman–Crippen MR) is 334 cm³/mol. The number of esters is 3. The van der Waals surface area contributed by atoms with Crippen LogP contribution < -0.4 is 0 Å². The van der Waals surface area contributed by atoms with Gasteiger partial charge in [-0.3, -0.25) is 14.4 Å². The number of ether oxygens (including phenoxy) is 3. The van der Waals surface area contributed by atoms with Crippen molar-refractivity contribution in [2.45, 2.75) is 232 Å². The van der Waals surface area contributed by atoms with E-state index in [0.717, 1.165) is 135 Å². The van der Waals surface area contributed by atoms with Crippen molar-refractivity contribution in [2.24, 2.45) is 0 Å². The number of unbranched alkanes of at least 4 members (excludes halogenated alkanes) is 11. The lowest BCUT2D eigenvalue weighted by atomic mass is 10.1. The van der Waals surface area contributed by atoms with Crippen molar-refractivity contribution < 1.29 is 28.6 Å². The summed E-state index contributed by atoms with van der Waals surface area (Å²) in [5.41, 5.74) is 0. The van der Waals surface area contributed by atoms with Gasteiger partial charge in [0, 0.05) is 19.3 Å². The highest BCUT2D eigenvalue weighted by Crippen LogP contribution is 2.12. The number of carbonyl (C=O) groups excluding carboxylic acids is 3. The fourth-order valence-electron chi connectivity index (χ4n) is 7.45. The molecule has 0 rings (SSSR count). The Morgan fingerprint density at radius 2 is 0.519 bits per heavy atom.